The summed E-state index contributed by atoms with van der Waals surface area (Å²) in [6, 6.07) is 24.1. The lowest BCUT2D eigenvalue weighted by Crippen LogP contribution is -2.30. The molecule has 1 aromatic heterocycles. The molecule has 0 aliphatic carbocycles. The van der Waals surface area contributed by atoms with Gasteiger partial charge in [-0.05, 0) is 47.5 Å². The quantitative estimate of drug-likeness (QED) is 0.384. The van der Waals surface area contributed by atoms with E-state index < -0.39 is 10.0 Å². The summed E-state index contributed by atoms with van der Waals surface area (Å²) in [5.41, 5.74) is 2.07. The van der Waals surface area contributed by atoms with Gasteiger partial charge in [0.25, 0.3) is 5.91 Å². The van der Waals surface area contributed by atoms with Gasteiger partial charge in [-0.15, -0.1) is 0 Å². The highest BCUT2D eigenvalue weighted by atomic mass is 35.5. The van der Waals surface area contributed by atoms with Crippen LogP contribution >= 0.6 is 11.6 Å². The van der Waals surface area contributed by atoms with Gasteiger partial charge in [0.1, 0.15) is 0 Å². The lowest BCUT2D eigenvalue weighted by molar-refractivity contribution is 0.102. The van der Waals surface area contributed by atoms with Crippen LogP contribution in [0.3, 0.4) is 0 Å². The molecular weight excluding hydrogens is 472 g/mol. The van der Waals surface area contributed by atoms with Crippen molar-refractivity contribution in [2.24, 2.45) is 7.05 Å². The van der Waals surface area contributed by atoms with E-state index in [1.807, 2.05) is 30.3 Å². The number of hydrogen-bond acceptors (Lipinski definition) is 4. The van der Waals surface area contributed by atoms with Gasteiger partial charge in [-0.25, -0.2) is 8.42 Å². The number of aryl methyl sites for hydroxylation is 1. The van der Waals surface area contributed by atoms with Gasteiger partial charge in [0.2, 0.25) is 10.0 Å². The van der Waals surface area contributed by atoms with Gasteiger partial charge in [0.05, 0.1) is 4.90 Å². The number of amides is 1. The van der Waals surface area contributed by atoms with Crippen molar-refractivity contribution in [3.8, 4) is 0 Å². The molecule has 0 radical (unpaired) electrons. The third-order valence-electron chi connectivity index (χ3n) is 5.18. The van der Waals surface area contributed by atoms with Crippen molar-refractivity contribution in [2.45, 2.75) is 18.0 Å². The number of aromatic nitrogens is 2. The minimum atomic E-state index is -3.79. The number of hydrogen-bond donors (Lipinski definition) is 1. The molecule has 0 saturated heterocycles. The summed E-state index contributed by atoms with van der Waals surface area (Å²) in [6.07, 6.45) is 1.74. The molecule has 0 fully saturated rings. The average Bonchev–Trinajstić information content (AvgIpc) is 3.24. The number of sulfonamides is 1. The number of carbonyl (C=O) groups excluding carboxylic acids is 1. The first-order valence-corrected chi connectivity index (χ1v) is 12.3. The first-order chi connectivity index (χ1) is 16.3. The molecule has 0 atom stereocenters. The van der Waals surface area contributed by atoms with Crippen molar-refractivity contribution in [1.82, 2.24) is 14.1 Å². The fourth-order valence-electron chi connectivity index (χ4n) is 3.40. The van der Waals surface area contributed by atoms with Crippen LogP contribution in [0.1, 0.15) is 21.5 Å². The molecule has 7 nitrogen and oxygen atoms in total. The Morgan fingerprint density at radius 2 is 1.53 bits per heavy atom. The van der Waals surface area contributed by atoms with Gasteiger partial charge in [-0.2, -0.15) is 9.40 Å². The molecule has 3 aromatic carbocycles. The maximum atomic E-state index is 13.4. The van der Waals surface area contributed by atoms with Crippen LogP contribution in [0.15, 0.2) is 96.0 Å². The van der Waals surface area contributed by atoms with Gasteiger partial charge >= 0.3 is 0 Å². The number of anilines is 1. The molecule has 0 saturated carbocycles. The van der Waals surface area contributed by atoms with E-state index in [0.717, 1.165) is 11.1 Å². The molecule has 34 heavy (non-hydrogen) atoms. The molecule has 4 rings (SSSR count). The molecule has 0 bridgehead atoms. The Morgan fingerprint density at radius 1 is 0.912 bits per heavy atom. The maximum Gasteiger partial charge on any atom is 0.256 e. The second kappa shape index (κ2) is 10.2. The Hall–Kier alpha value is -3.46. The standard InChI is InChI=1S/C25H23ClN4O3S/c1-29-16-15-24(28-29)27-25(31)21-9-7-20(8-10-21)18-30(17-19-5-3-2-4-6-19)34(32,33)23-13-11-22(26)12-14-23/h2-16H,17-18H2,1H3,(H,27,28,31). The van der Waals surface area contributed by atoms with Crippen LogP contribution in [0.2, 0.25) is 5.02 Å². The first kappa shape index (κ1) is 23.7. The van der Waals surface area contributed by atoms with E-state index in [4.69, 9.17) is 11.6 Å². The zero-order valence-corrected chi connectivity index (χ0v) is 20.0. The van der Waals surface area contributed by atoms with Crippen LogP contribution in [0.25, 0.3) is 0 Å². The molecule has 0 unspecified atom stereocenters. The van der Waals surface area contributed by atoms with E-state index in [2.05, 4.69) is 10.4 Å². The third kappa shape index (κ3) is 5.72. The van der Waals surface area contributed by atoms with Gasteiger partial charge in [0.15, 0.2) is 5.82 Å². The molecule has 174 valence electrons. The zero-order chi connectivity index (χ0) is 24.1. The number of carbonyl (C=O) groups is 1. The lowest BCUT2D eigenvalue weighted by atomic mass is 10.1. The summed E-state index contributed by atoms with van der Waals surface area (Å²) in [7, 11) is -2.03. The predicted octanol–water partition coefficient (Wildman–Crippen LogP) is 4.72. The largest absolute Gasteiger partial charge is 0.305 e. The molecule has 1 heterocycles. The minimum Gasteiger partial charge on any atom is -0.305 e. The third-order valence-corrected chi connectivity index (χ3v) is 7.24. The number of rotatable bonds is 8. The molecule has 4 aromatic rings. The van der Waals surface area contributed by atoms with Crippen LogP contribution in [-0.4, -0.2) is 28.4 Å². The second-order valence-corrected chi connectivity index (χ2v) is 10.1. The summed E-state index contributed by atoms with van der Waals surface area (Å²) in [5, 5.41) is 7.34. The monoisotopic (exact) mass is 494 g/mol. The fourth-order valence-corrected chi connectivity index (χ4v) is 4.95. The Morgan fingerprint density at radius 3 is 2.12 bits per heavy atom. The number of benzene rings is 3. The van der Waals surface area contributed by atoms with E-state index in [9.17, 15) is 13.2 Å². The first-order valence-electron chi connectivity index (χ1n) is 10.5. The van der Waals surface area contributed by atoms with Crippen LogP contribution in [-0.2, 0) is 30.2 Å². The van der Waals surface area contributed by atoms with E-state index in [1.165, 1.54) is 16.4 Å². The van der Waals surface area contributed by atoms with Crippen molar-refractivity contribution in [3.63, 3.8) is 0 Å². The van der Waals surface area contributed by atoms with Gasteiger partial charge in [0, 0.05) is 43.0 Å². The van der Waals surface area contributed by atoms with Crippen molar-refractivity contribution < 1.29 is 13.2 Å². The SMILES string of the molecule is Cn1ccc(NC(=O)c2ccc(CN(Cc3ccccc3)S(=O)(=O)c3ccc(Cl)cc3)cc2)n1. The summed E-state index contributed by atoms with van der Waals surface area (Å²) >= 11 is 5.95. The summed E-state index contributed by atoms with van der Waals surface area (Å²) < 4.78 is 29.9. The predicted molar refractivity (Wildman–Crippen MR) is 132 cm³/mol. The highest BCUT2D eigenvalue weighted by molar-refractivity contribution is 7.89. The van der Waals surface area contributed by atoms with Crippen molar-refractivity contribution >= 4 is 33.3 Å². The van der Waals surface area contributed by atoms with Crippen LogP contribution in [0.5, 0.6) is 0 Å². The van der Waals surface area contributed by atoms with Crippen molar-refractivity contribution in [1.29, 1.82) is 0 Å². The van der Waals surface area contributed by atoms with E-state index >= 15 is 0 Å². The van der Waals surface area contributed by atoms with E-state index in [1.54, 1.807) is 60.4 Å². The smallest absolute Gasteiger partial charge is 0.256 e. The minimum absolute atomic E-state index is 0.141. The average molecular weight is 495 g/mol. The Labute approximate surface area is 203 Å². The highest BCUT2D eigenvalue weighted by Gasteiger charge is 2.25. The van der Waals surface area contributed by atoms with Crippen LogP contribution in [0, 0.1) is 0 Å². The van der Waals surface area contributed by atoms with Crippen LogP contribution < -0.4 is 5.32 Å². The summed E-state index contributed by atoms with van der Waals surface area (Å²) in [5.74, 6) is 0.167. The van der Waals surface area contributed by atoms with Gasteiger partial charge in [-0.3, -0.25) is 9.48 Å². The number of halogens is 1. The summed E-state index contributed by atoms with van der Waals surface area (Å²) in [6.45, 7) is 0.343. The van der Waals surface area contributed by atoms with E-state index in [0.29, 0.717) is 16.4 Å². The molecular formula is C25H23ClN4O3S. The number of nitrogens with one attached hydrogen (secondary N) is 1. The molecule has 9 heteroatoms. The zero-order valence-electron chi connectivity index (χ0n) is 18.4. The van der Waals surface area contributed by atoms with Crippen molar-refractivity contribution in [3.05, 3.63) is 113 Å². The molecule has 1 N–H and O–H groups in total. The normalized spacial score (nSPS) is 11.5. The van der Waals surface area contributed by atoms with Gasteiger partial charge in [-0.1, -0.05) is 54.1 Å². The summed E-state index contributed by atoms with van der Waals surface area (Å²) in [4.78, 5) is 12.7. The lowest BCUT2D eigenvalue weighted by Gasteiger charge is -2.23. The van der Waals surface area contributed by atoms with Gasteiger partial charge < -0.3 is 5.32 Å². The molecule has 1 amide bonds. The second-order valence-electron chi connectivity index (χ2n) is 7.74. The fraction of sp³-hybridized carbons (Fsp3) is 0.120. The molecule has 0 spiro atoms. The maximum absolute atomic E-state index is 13.4. The molecule has 0 aliphatic rings. The number of nitrogens with zero attached hydrogens (tertiary/aromatic N) is 3. The van der Waals surface area contributed by atoms with Crippen molar-refractivity contribution in [2.75, 3.05) is 5.32 Å². The Kier molecular flexibility index (Phi) is 7.12. The Bertz CT molecular complexity index is 1370. The molecule has 0 aliphatic heterocycles. The topological polar surface area (TPSA) is 84.3 Å². The highest BCUT2D eigenvalue weighted by Crippen LogP contribution is 2.23. The van der Waals surface area contributed by atoms with Crippen LogP contribution in [0.4, 0.5) is 5.82 Å². The van der Waals surface area contributed by atoms with E-state index in [-0.39, 0.29) is 23.9 Å². The Balaban J connectivity index is 1.56.